The highest BCUT2D eigenvalue weighted by Crippen LogP contribution is 2.24. The van der Waals surface area contributed by atoms with Gasteiger partial charge >= 0.3 is 5.97 Å². The fraction of sp³-hybridized carbons (Fsp3) is 0.533. The topological polar surface area (TPSA) is 78.7 Å². The quantitative estimate of drug-likeness (QED) is 0.360. The summed E-state index contributed by atoms with van der Waals surface area (Å²) >= 11 is 1.10. The van der Waals surface area contributed by atoms with Crippen molar-refractivity contribution in [2.24, 2.45) is 5.92 Å². The summed E-state index contributed by atoms with van der Waals surface area (Å²) in [5.41, 5.74) is 0.0806. The van der Waals surface area contributed by atoms with Crippen LogP contribution in [-0.4, -0.2) is 25.1 Å². The minimum atomic E-state index is -0.431. The lowest BCUT2D eigenvalue weighted by atomic mass is 9.89. The lowest BCUT2D eigenvalue weighted by Gasteiger charge is -2.18. The smallest absolute Gasteiger partial charge is 0.308 e. The number of carbonyl (C=O) groups is 1. The number of non-ortho nitro benzene ring substituents is 1. The largest absolute Gasteiger partial charge is 0.469 e. The number of nitro groups is 1. The highest BCUT2D eigenvalue weighted by molar-refractivity contribution is 7.94. The van der Waals surface area contributed by atoms with Crippen LogP contribution < -0.4 is 0 Å². The van der Waals surface area contributed by atoms with Gasteiger partial charge in [-0.1, -0.05) is 25.3 Å². The van der Waals surface area contributed by atoms with E-state index in [9.17, 15) is 14.9 Å². The normalized spacial score (nSPS) is 14.6. The van der Waals surface area contributed by atoms with Crippen LogP contribution in [0.3, 0.4) is 0 Å². The summed E-state index contributed by atoms with van der Waals surface area (Å²) in [5.74, 6) is 0.193. The van der Waals surface area contributed by atoms with Gasteiger partial charge in [0.2, 0.25) is 0 Å². The second-order valence-corrected chi connectivity index (χ2v) is 5.83. The first-order chi connectivity index (χ1) is 10.6. The van der Waals surface area contributed by atoms with E-state index in [-0.39, 0.29) is 17.6 Å². The molecule has 22 heavy (non-hydrogen) atoms. The molecule has 0 aromatic heterocycles. The van der Waals surface area contributed by atoms with E-state index in [1.807, 2.05) is 0 Å². The van der Waals surface area contributed by atoms with E-state index < -0.39 is 4.92 Å². The van der Waals surface area contributed by atoms with Crippen LogP contribution in [0, 0.1) is 16.0 Å². The minimum Gasteiger partial charge on any atom is -0.469 e. The Bertz CT molecular complexity index is 489. The van der Waals surface area contributed by atoms with Crippen molar-refractivity contribution in [1.82, 2.24) is 0 Å². The van der Waals surface area contributed by atoms with Gasteiger partial charge in [-0.05, 0) is 18.9 Å². The van der Waals surface area contributed by atoms with Gasteiger partial charge in [0.15, 0.2) is 0 Å². The van der Waals surface area contributed by atoms with Gasteiger partial charge in [0, 0.05) is 29.1 Å². The summed E-state index contributed by atoms with van der Waals surface area (Å²) in [6.07, 6.45) is 5.74. The number of ether oxygens (including phenoxy) is 1. The molecule has 0 spiro atoms. The third-order valence-electron chi connectivity index (χ3n) is 3.35. The first kappa shape index (κ1) is 18.4. The van der Waals surface area contributed by atoms with Crippen LogP contribution in [0.25, 0.3) is 0 Å². The van der Waals surface area contributed by atoms with E-state index in [4.69, 9.17) is 4.18 Å². The van der Waals surface area contributed by atoms with Gasteiger partial charge in [-0.2, -0.15) is 0 Å². The van der Waals surface area contributed by atoms with Gasteiger partial charge in [0.05, 0.1) is 25.1 Å². The molecule has 0 atom stereocenters. The molecule has 1 aromatic rings. The Morgan fingerprint density at radius 1 is 1.27 bits per heavy atom. The number of esters is 1. The van der Waals surface area contributed by atoms with Gasteiger partial charge in [-0.25, -0.2) is 0 Å². The van der Waals surface area contributed by atoms with Crippen LogP contribution in [0.15, 0.2) is 29.2 Å². The number of carbonyl (C=O) groups excluding carboxylic acids is 1. The first-order valence-corrected chi connectivity index (χ1v) is 7.85. The molecule has 1 fully saturated rings. The molecule has 2 rings (SSSR count). The van der Waals surface area contributed by atoms with Gasteiger partial charge in [0.25, 0.3) is 5.69 Å². The Kier molecular flexibility index (Phi) is 8.54. The predicted molar refractivity (Wildman–Crippen MR) is 84.6 cm³/mol. The lowest BCUT2D eigenvalue weighted by Crippen LogP contribution is -2.18. The maximum Gasteiger partial charge on any atom is 0.308 e. The molecule has 0 amide bonds. The third-order valence-corrected chi connectivity index (χ3v) is 3.96. The summed E-state index contributed by atoms with van der Waals surface area (Å²) in [6, 6.07) is 6.29. The fourth-order valence-electron chi connectivity index (χ4n) is 2.25. The summed E-state index contributed by atoms with van der Waals surface area (Å²) in [4.78, 5) is 21.6. The molecule has 0 saturated heterocycles. The summed E-state index contributed by atoms with van der Waals surface area (Å²) < 4.78 is 9.41. The molecule has 0 heterocycles. The summed E-state index contributed by atoms with van der Waals surface area (Å²) in [7, 11) is 2.99. The predicted octanol–water partition coefficient (Wildman–Crippen LogP) is 3.99. The first-order valence-electron chi connectivity index (χ1n) is 7.11. The van der Waals surface area contributed by atoms with E-state index in [1.165, 1.54) is 45.6 Å². The van der Waals surface area contributed by atoms with Crippen molar-refractivity contribution in [3.63, 3.8) is 0 Å². The van der Waals surface area contributed by atoms with Crippen molar-refractivity contribution in [2.45, 2.75) is 37.0 Å². The highest BCUT2D eigenvalue weighted by atomic mass is 32.2. The zero-order chi connectivity index (χ0) is 16.4. The van der Waals surface area contributed by atoms with Crippen molar-refractivity contribution >= 4 is 23.7 Å². The monoisotopic (exact) mass is 327 g/mol. The average Bonchev–Trinajstić information content (AvgIpc) is 2.56. The second-order valence-electron chi connectivity index (χ2n) is 4.86. The maximum atomic E-state index is 10.9. The van der Waals surface area contributed by atoms with E-state index in [0.717, 1.165) is 29.8 Å². The van der Waals surface area contributed by atoms with Crippen molar-refractivity contribution in [3.8, 4) is 0 Å². The van der Waals surface area contributed by atoms with Crippen LogP contribution >= 0.6 is 12.0 Å². The molecule has 0 aliphatic heterocycles. The number of nitrogens with zero attached hydrogens (tertiary/aromatic N) is 1. The molecule has 1 aliphatic carbocycles. The SMILES string of the molecule is COC(=O)C1CCCCC1.COSc1cccc([N+](=O)[O-])c1. The zero-order valence-corrected chi connectivity index (χ0v) is 13.6. The molecule has 6 nitrogen and oxygen atoms in total. The Morgan fingerprint density at radius 2 is 1.95 bits per heavy atom. The Labute approximate surface area is 134 Å². The molecule has 0 N–H and O–H groups in total. The minimum absolute atomic E-state index is 0.0142. The second kappa shape index (κ2) is 10.2. The van der Waals surface area contributed by atoms with Crippen molar-refractivity contribution in [3.05, 3.63) is 34.4 Å². The van der Waals surface area contributed by atoms with Crippen LogP contribution in [0.4, 0.5) is 5.69 Å². The van der Waals surface area contributed by atoms with Crippen LogP contribution in [-0.2, 0) is 13.7 Å². The van der Waals surface area contributed by atoms with E-state index in [0.29, 0.717) is 0 Å². The summed E-state index contributed by atoms with van der Waals surface area (Å²) in [5, 5.41) is 10.3. The lowest BCUT2D eigenvalue weighted by molar-refractivity contribution is -0.385. The van der Waals surface area contributed by atoms with Crippen molar-refractivity contribution < 1.29 is 18.6 Å². The molecule has 0 bridgehead atoms. The highest BCUT2D eigenvalue weighted by Gasteiger charge is 2.20. The van der Waals surface area contributed by atoms with Crippen LogP contribution in [0.5, 0.6) is 0 Å². The molecule has 1 aliphatic rings. The number of nitro benzene ring substituents is 1. The van der Waals surface area contributed by atoms with Gasteiger partial charge in [0.1, 0.15) is 0 Å². The Morgan fingerprint density at radius 3 is 2.50 bits per heavy atom. The van der Waals surface area contributed by atoms with Crippen molar-refractivity contribution in [2.75, 3.05) is 14.2 Å². The molecular weight excluding hydrogens is 306 g/mol. The van der Waals surface area contributed by atoms with Crippen LogP contribution in [0.1, 0.15) is 32.1 Å². The number of methoxy groups -OCH3 is 1. The maximum absolute atomic E-state index is 10.9. The van der Waals surface area contributed by atoms with Gasteiger partial charge < -0.3 is 8.92 Å². The number of hydrogen-bond acceptors (Lipinski definition) is 6. The van der Waals surface area contributed by atoms with Gasteiger partial charge in [-0.15, -0.1) is 0 Å². The van der Waals surface area contributed by atoms with Crippen molar-refractivity contribution in [1.29, 1.82) is 0 Å². The number of hydrogen-bond donors (Lipinski definition) is 0. The van der Waals surface area contributed by atoms with Gasteiger partial charge in [-0.3, -0.25) is 14.9 Å². The zero-order valence-electron chi connectivity index (χ0n) is 12.8. The third kappa shape index (κ3) is 6.44. The molecule has 0 radical (unpaired) electrons. The summed E-state index contributed by atoms with van der Waals surface area (Å²) in [6.45, 7) is 0. The van der Waals surface area contributed by atoms with E-state index in [1.54, 1.807) is 12.1 Å². The fourth-order valence-corrected chi connectivity index (χ4v) is 2.75. The molecule has 122 valence electrons. The van der Waals surface area contributed by atoms with E-state index >= 15 is 0 Å². The molecule has 0 unspecified atom stereocenters. The Balaban J connectivity index is 0.000000224. The molecular formula is C15H21NO5S. The molecule has 7 heteroatoms. The number of benzene rings is 1. The number of rotatable bonds is 4. The standard InChI is InChI=1S/C8H14O2.C7H7NO3S/c1-10-8(9)7-5-3-2-4-6-7;1-11-12-7-4-2-3-6(5-7)8(9)10/h7H,2-6H2,1H3;2-5H,1H3. The average molecular weight is 327 g/mol. The molecule has 1 aromatic carbocycles. The Hall–Kier alpha value is -1.60. The van der Waals surface area contributed by atoms with Crippen LogP contribution in [0.2, 0.25) is 0 Å². The molecule has 1 saturated carbocycles. The van der Waals surface area contributed by atoms with E-state index in [2.05, 4.69) is 4.74 Å².